The van der Waals surface area contributed by atoms with Crippen LogP contribution in [-0.2, 0) is 224 Å². The molecule has 6 aliphatic rings. The summed E-state index contributed by atoms with van der Waals surface area (Å²) >= 11 is 0. The van der Waals surface area contributed by atoms with E-state index in [1.165, 1.54) is 25.1 Å². The van der Waals surface area contributed by atoms with Crippen LogP contribution in [0.5, 0.6) is 0 Å². The van der Waals surface area contributed by atoms with Gasteiger partial charge >= 0.3 is 114 Å². The topological polar surface area (TPSA) is 636 Å². The molecule has 55 heteroatoms. The predicted octanol–water partition coefficient (Wildman–Crippen LogP) is -0.159. The summed E-state index contributed by atoms with van der Waals surface area (Å²) in [5.74, 6) is -29.6. The molecule has 6 aliphatic heterocycles. The third-order valence-corrected chi connectivity index (χ3v) is 22.7. The molecule has 0 radical (unpaired) electrons. The lowest BCUT2D eigenvalue weighted by Crippen LogP contribution is -2.73. The van der Waals surface area contributed by atoms with Crippen molar-refractivity contribution in [1.82, 2.24) is 10.6 Å². The van der Waals surface area contributed by atoms with E-state index in [1.54, 1.807) is 5.32 Å². The summed E-state index contributed by atoms with van der Waals surface area (Å²) in [5.41, 5.74) is -0.453. The average molecular weight is 2050 g/mol. The quantitative estimate of drug-likeness (QED) is 0.0435. The minimum absolute atomic E-state index is 0.0831. The Kier molecular flexibility index (Phi) is 43.1. The van der Waals surface area contributed by atoms with Crippen LogP contribution in [0.1, 0.15) is 134 Å². The van der Waals surface area contributed by atoms with Crippen LogP contribution < -0.4 is 10.6 Å². The fourth-order valence-electron chi connectivity index (χ4n) is 15.8. The summed E-state index contributed by atoms with van der Waals surface area (Å²) in [6.07, 6.45) is -72.2. The second kappa shape index (κ2) is 52.1. The van der Waals surface area contributed by atoms with E-state index in [4.69, 9.17) is 137 Å². The van der Waals surface area contributed by atoms with Crippen LogP contribution in [0.4, 0.5) is 13.2 Å². The summed E-state index contributed by atoms with van der Waals surface area (Å²) in [6.45, 7) is 14.5. The van der Waals surface area contributed by atoms with Crippen molar-refractivity contribution in [3.63, 3.8) is 0 Å². The van der Waals surface area contributed by atoms with Gasteiger partial charge in [-0.25, -0.2) is 9.59 Å². The maximum Gasteiger partial charge on any atom is 0.471 e. The molecule has 0 saturated carbocycles. The average Bonchev–Trinajstić information content (AvgIpc) is 0.732. The summed E-state index contributed by atoms with van der Waals surface area (Å²) in [4.78, 5) is 260. The van der Waals surface area contributed by atoms with E-state index in [-0.39, 0.29) is 6.61 Å². The number of alkyl halides is 3. The molecule has 6 fully saturated rings. The van der Waals surface area contributed by atoms with Crippen molar-refractivity contribution in [2.75, 3.05) is 46.8 Å². The number of hydrogen-bond acceptors (Lipinski definition) is 49. The Labute approximate surface area is 804 Å². The van der Waals surface area contributed by atoms with Gasteiger partial charge in [-0.2, -0.15) is 13.2 Å². The largest absolute Gasteiger partial charge is 0.471 e. The van der Waals surface area contributed by atoms with Crippen LogP contribution in [0.3, 0.4) is 0 Å². The van der Waals surface area contributed by atoms with E-state index in [1.807, 2.05) is 19.6 Å². The molecule has 3 N–H and O–H groups in total. The second-order valence-electron chi connectivity index (χ2n) is 33.9. The van der Waals surface area contributed by atoms with E-state index in [0.717, 1.165) is 109 Å². The number of carbonyl (C=O) groups excluding carboxylic acids is 19. The molecule has 6 saturated heterocycles. The SMILES string of the molecule is COC(=O)[C@@]1(O[C@H]2[C@@H](OC(C)=O)[C@@H](COC(C)=O)O[C@@H](O[C@H]3[C@H](O[C@@H]4O[C@@H](C)[C@@H](OC(C)=O)[C@@H](OC(C)=O)[C@@H]4OC(C)=O)[C@@H](NC(C)=O)[C@H](O[C@H]4[C@@H](OC(C)=O)[C@@H](COC(C)=O)O[C@@H](O[C@H]5[C@H](OC(C)=O)[C@@H](OC(C)=O)[C@H](OCC[Si](C)(C)C)O[C@@H]5COC(C)=O)[C@@H]4OC(C)=O)O[C@@H]3CO)[C@@H]2OC(=O)c2ccccc2)C[C@H](OC(C)=O)[C@@H](NC(=O)C(F)(F)F)[C@H]([C@H](OC(C)=O)[C@@H](COC(C)=O)OC(C)=O)O1. The number of methoxy groups -OCH3 is 1. The third-order valence-electron chi connectivity index (χ3n) is 21.0. The van der Waals surface area contributed by atoms with Crippen molar-refractivity contribution in [3.05, 3.63) is 35.9 Å². The molecule has 31 atom stereocenters. The summed E-state index contributed by atoms with van der Waals surface area (Å²) in [7, 11) is -1.39. The highest BCUT2D eigenvalue weighted by atomic mass is 28.3. The molecule has 0 spiro atoms. The number of rotatable bonds is 41. The molecular weight excluding hydrogens is 1930 g/mol. The molecule has 0 bridgehead atoms. The highest BCUT2D eigenvalue weighted by Crippen LogP contribution is 2.46. The van der Waals surface area contributed by atoms with Gasteiger partial charge in [0.2, 0.25) is 5.91 Å². The molecule has 0 aliphatic carbocycles. The van der Waals surface area contributed by atoms with Crippen molar-refractivity contribution in [1.29, 1.82) is 0 Å². The zero-order valence-electron chi connectivity index (χ0n) is 80.5. The number of amides is 2. The van der Waals surface area contributed by atoms with Crippen molar-refractivity contribution in [2.45, 2.75) is 346 Å². The van der Waals surface area contributed by atoms with Crippen molar-refractivity contribution >= 4 is 121 Å². The van der Waals surface area contributed by atoms with Crippen LogP contribution in [0.25, 0.3) is 0 Å². The molecule has 0 unspecified atom stereocenters. The maximum absolute atomic E-state index is 15.6. The monoisotopic (exact) mass is 2050 g/mol. The van der Waals surface area contributed by atoms with Gasteiger partial charge in [-0.05, 0) is 25.1 Å². The van der Waals surface area contributed by atoms with E-state index in [2.05, 4.69) is 5.32 Å². The number of nitrogens with one attached hydrogen (secondary N) is 2. The summed E-state index contributed by atoms with van der Waals surface area (Å²) in [5, 5.41) is 16.4. The molecule has 790 valence electrons. The van der Waals surface area contributed by atoms with E-state index in [0.29, 0.717) is 27.0 Å². The Morgan fingerprint density at radius 3 is 1.27 bits per heavy atom. The van der Waals surface area contributed by atoms with Gasteiger partial charge in [0.15, 0.2) is 98.6 Å². The molecule has 1 aromatic rings. The fourth-order valence-corrected chi connectivity index (χ4v) is 16.5. The van der Waals surface area contributed by atoms with Gasteiger partial charge in [-0.15, -0.1) is 0 Å². The van der Waals surface area contributed by atoms with Gasteiger partial charge in [0.1, 0.15) is 99.6 Å². The highest BCUT2D eigenvalue weighted by molar-refractivity contribution is 6.76. The predicted molar refractivity (Wildman–Crippen MR) is 448 cm³/mol. The van der Waals surface area contributed by atoms with Crippen molar-refractivity contribution < 1.29 is 247 Å². The fraction of sp³-hybridized carbons (Fsp3) is 0.709. The first-order valence-electron chi connectivity index (χ1n) is 43.7. The molecular formula is C86H117F3N2O49Si. The normalized spacial score (nSPS) is 31.3. The van der Waals surface area contributed by atoms with Gasteiger partial charge in [-0.1, -0.05) is 37.8 Å². The number of hydrogen-bond donors (Lipinski definition) is 3. The molecule has 1 aromatic carbocycles. The number of aliphatic hydroxyl groups excluding tert-OH is 1. The Morgan fingerprint density at radius 2 is 0.823 bits per heavy atom. The van der Waals surface area contributed by atoms with Crippen LogP contribution in [0.15, 0.2) is 30.3 Å². The first-order valence-corrected chi connectivity index (χ1v) is 47.4. The zero-order valence-corrected chi connectivity index (χ0v) is 81.5. The molecule has 141 heavy (non-hydrogen) atoms. The zero-order chi connectivity index (χ0) is 105. The lowest BCUT2D eigenvalue weighted by molar-refractivity contribution is -0.399. The van der Waals surface area contributed by atoms with E-state index < -0.39 is 362 Å². The second-order valence-corrected chi connectivity index (χ2v) is 39.5. The number of halogens is 3. The lowest BCUT2D eigenvalue weighted by atomic mass is 9.87. The Morgan fingerprint density at radius 1 is 0.426 bits per heavy atom. The first kappa shape index (κ1) is 117. The van der Waals surface area contributed by atoms with Crippen LogP contribution in [0.2, 0.25) is 25.7 Å². The van der Waals surface area contributed by atoms with Crippen molar-refractivity contribution in [3.8, 4) is 0 Å². The van der Waals surface area contributed by atoms with Gasteiger partial charge in [0.25, 0.3) is 5.79 Å². The highest BCUT2D eigenvalue weighted by Gasteiger charge is 2.67. The smallest absolute Gasteiger partial charge is 0.465 e. The van der Waals surface area contributed by atoms with Gasteiger partial charge in [-0.3, -0.25) is 81.5 Å². The van der Waals surface area contributed by atoms with Crippen LogP contribution in [-0.4, -0.2) is 369 Å². The Balaban J connectivity index is 1.62. The van der Waals surface area contributed by atoms with Gasteiger partial charge < -0.3 is 153 Å². The van der Waals surface area contributed by atoms with Crippen LogP contribution in [0, 0.1) is 0 Å². The standard InChI is InChI=1S/C86H117F3N2O49Si/c1-35-61(121-43(9)100)69(125-47(13)104)74(128-50(16)107)80(118-35)137-67-60(90-36(2)93)78(138-71-64(123-45(11)102)56(32-115-38(4)95)132-81(75(71)129-51(17)108)136-65-57(33-116-39(5)96)131-79(113-27-28-141(19,20)21)73(127-49(15)106)70(65)126-48(14)105)130-54(30-92)62(67)135-82-76(134-77(109)52-25-23-22-24-26-52)72(66(124-46(12)103)58(133-82)34-117-40(6)97)140-85(84(111)112-18)29-53(119-41(7)98)59(91-83(110)86(87,88)89)68(139-85)63(122-44(10)101)55(120-42(8)99)31-114-37(3)94/h22-26,35,53-76,78-82,92H,27-34H2,1-21H3,(H,90,93)(H,91,110)/t35-,53-,54+,55+,56+,57+,58+,59+,60+,61+,62+,63+,64-,65+,66-,67+,68+,69+,70-,71-,72-,73+,74-,75+,76+,78-,79+,80-,81-,82-,85-/m0/s1. The van der Waals surface area contributed by atoms with E-state index in [9.17, 15) is 99.8 Å². The number of ether oxygens (including phenoxy) is 29. The minimum atomic E-state index is -5.92. The molecule has 0 aromatic heterocycles. The van der Waals surface area contributed by atoms with Gasteiger partial charge in [0.05, 0.1) is 37.8 Å². The first-order chi connectivity index (χ1) is 65.8. The molecule has 51 nitrogen and oxygen atoms in total. The van der Waals surface area contributed by atoms with Crippen molar-refractivity contribution in [2.24, 2.45) is 0 Å². The molecule has 2 amide bonds. The third kappa shape index (κ3) is 33.9. The maximum atomic E-state index is 15.6. The molecule has 6 heterocycles. The number of aliphatic hydroxyl groups is 1. The van der Waals surface area contributed by atoms with Crippen LogP contribution >= 0.6 is 0 Å². The summed E-state index contributed by atoms with van der Waals surface area (Å²) in [6, 6.07) is 1.56. The molecule has 7 rings (SSSR count). The van der Waals surface area contributed by atoms with Gasteiger partial charge in [0, 0.05) is 125 Å². The number of benzene rings is 1. The minimum Gasteiger partial charge on any atom is -0.465 e. The number of esters is 17. The van der Waals surface area contributed by atoms with E-state index >= 15 is 9.59 Å². The Bertz CT molecular complexity index is 4600. The summed E-state index contributed by atoms with van der Waals surface area (Å²) < 4.78 is 221. The lowest BCUT2D eigenvalue weighted by Gasteiger charge is -2.53. The Hall–Kier alpha value is -11.4. The number of carbonyl (C=O) groups is 19.